The van der Waals surface area contributed by atoms with E-state index in [9.17, 15) is 19.5 Å². The van der Waals surface area contributed by atoms with Gasteiger partial charge in [0.2, 0.25) is 5.91 Å². The number of carbonyl (C=O) groups excluding carboxylic acids is 2. The summed E-state index contributed by atoms with van der Waals surface area (Å²) in [4.78, 5) is 35.6. The lowest BCUT2D eigenvalue weighted by atomic mass is 9.86. The van der Waals surface area contributed by atoms with E-state index in [-0.39, 0.29) is 5.91 Å². The molecule has 0 spiro atoms. The third kappa shape index (κ3) is 4.86. The fraction of sp³-hybridized carbons (Fsp3) is 0.500. The Morgan fingerprint density at radius 3 is 2.29 bits per heavy atom. The Morgan fingerprint density at radius 2 is 1.86 bits per heavy atom. The van der Waals surface area contributed by atoms with Crippen LogP contribution in [0.3, 0.4) is 0 Å². The largest absolute Gasteiger partial charge is 0.480 e. The Hall–Kier alpha value is -1.89. The predicted octanol–water partition coefficient (Wildman–Crippen LogP) is 1.48. The first kappa shape index (κ1) is 17.2. The SMILES string of the molecule is CC(NC(=O)c1cccs1)C(=O)N[C@@H](C(=O)O)C(C)(C)C. The van der Waals surface area contributed by atoms with Gasteiger partial charge in [0, 0.05) is 0 Å². The monoisotopic (exact) mass is 312 g/mol. The molecule has 2 atom stereocenters. The van der Waals surface area contributed by atoms with Crippen molar-refractivity contribution in [3.63, 3.8) is 0 Å². The Bertz CT molecular complexity index is 520. The van der Waals surface area contributed by atoms with Gasteiger partial charge in [-0.3, -0.25) is 9.59 Å². The summed E-state index contributed by atoms with van der Waals surface area (Å²) in [6.07, 6.45) is 0. The van der Waals surface area contributed by atoms with Gasteiger partial charge in [-0.1, -0.05) is 26.8 Å². The molecule has 1 heterocycles. The average molecular weight is 312 g/mol. The molecule has 116 valence electrons. The molecular formula is C14H20N2O4S. The van der Waals surface area contributed by atoms with E-state index in [2.05, 4.69) is 10.6 Å². The maximum absolute atomic E-state index is 12.0. The first-order valence-electron chi connectivity index (χ1n) is 6.50. The molecule has 7 heteroatoms. The van der Waals surface area contributed by atoms with E-state index >= 15 is 0 Å². The van der Waals surface area contributed by atoms with Gasteiger partial charge in [-0.2, -0.15) is 0 Å². The van der Waals surface area contributed by atoms with Crippen molar-refractivity contribution in [3.8, 4) is 0 Å². The summed E-state index contributed by atoms with van der Waals surface area (Å²) in [5.41, 5.74) is -0.626. The van der Waals surface area contributed by atoms with Gasteiger partial charge in [0.25, 0.3) is 5.91 Å². The van der Waals surface area contributed by atoms with Crippen LogP contribution in [0.25, 0.3) is 0 Å². The number of nitrogens with one attached hydrogen (secondary N) is 2. The van der Waals surface area contributed by atoms with Crippen molar-refractivity contribution >= 4 is 29.1 Å². The van der Waals surface area contributed by atoms with Crippen molar-refractivity contribution in [3.05, 3.63) is 22.4 Å². The van der Waals surface area contributed by atoms with Crippen LogP contribution in [0.2, 0.25) is 0 Å². The molecule has 0 aliphatic rings. The van der Waals surface area contributed by atoms with E-state index in [1.165, 1.54) is 18.3 Å². The number of carbonyl (C=O) groups is 3. The summed E-state index contributed by atoms with van der Waals surface area (Å²) in [6.45, 7) is 6.69. The molecule has 6 nitrogen and oxygen atoms in total. The lowest BCUT2D eigenvalue weighted by Crippen LogP contribution is -2.54. The lowest BCUT2D eigenvalue weighted by molar-refractivity contribution is -0.145. The van der Waals surface area contributed by atoms with Gasteiger partial charge in [0.1, 0.15) is 12.1 Å². The van der Waals surface area contributed by atoms with E-state index in [1.54, 1.807) is 38.3 Å². The van der Waals surface area contributed by atoms with Crippen LogP contribution in [0, 0.1) is 5.41 Å². The van der Waals surface area contributed by atoms with E-state index in [4.69, 9.17) is 0 Å². The molecule has 0 aliphatic carbocycles. The summed E-state index contributed by atoms with van der Waals surface area (Å²) in [5.74, 6) is -1.98. The molecular weight excluding hydrogens is 292 g/mol. The molecule has 0 fully saturated rings. The molecule has 1 rings (SSSR count). The van der Waals surface area contributed by atoms with Crippen molar-refractivity contribution in [1.82, 2.24) is 10.6 Å². The maximum atomic E-state index is 12.0. The number of amides is 2. The smallest absolute Gasteiger partial charge is 0.326 e. The fourth-order valence-corrected chi connectivity index (χ4v) is 2.28. The van der Waals surface area contributed by atoms with Crippen molar-refractivity contribution in [2.45, 2.75) is 39.8 Å². The fourth-order valence-electron chi connectivity index (χ4n) is 1.66. The molecule has 0 aromatic carbocycles. The summed E-state index contributed by atoms with van der Waals surface area (Å²) in [5, 5.41) is 15.9. The van der Waals surface area contributed by atoms with Crippen LogP contribution in [0.4, 0.5) is 0 Å². The van der Waals surface area contributed by atoms with Gasteiger partial charge in [0.15, 0.2) is 0 Å². The van der Waals surface area contributed by atoms with Gasteiger partial charge in [0.05, 0.1) is 4.88 Å². The Kier molecular flexibility index (Phi) is 5.48. The van der Waals surface area contributed by atoms with E-state index in [0.717, 1.165) is 0 Å². The van der Waals surface area contributed by atoms with E-state index < -0.39 is 29.4 Å². The van der Waals surface area contributed by atoms with Gasteiger partial charge >= 0.3 is 5.97 Å². The molecule has 0 saturated heterocycles. The van der Waals surface area contributed by atoms with Gasteiger partial charge in [-0.15, -0.1) is 11.3 Å². The van der Waals surface area contributed by atoms with E-state index in [1.807, 2.05) is 0 Å². The number of hydrogen-bond donors (Lipinski definition) is 3. The number of aliphatic carboxylic acids is 1. The van der Waals surface area contributed by atoms with Crippen LogP contribution in [0.15, 0.2) is 17.5 Å². The van der Waals surface area contributed by atoms with Crippen LogP contribution >= 0.6 is 11.3 Å². The van der Waals surface area contributed by atoms with E-state index in [0.29, 0.717) is 4.88 Å². The molecule has 0 bridgehead atoms. The number of carboxylic acid groups (broad SMARTS) is 1. The third-order valence-corrected chi connectivity index (χ3v) is 3.75. The zero-order chi connectivity index (χ0) is 16.2. The molecule has 0 radical (unpaired) electrons. The minimum absolute atomic E-state index is 0.352. The first-order valence-corrected chi connectivity index (χ1v) is 7.38. The minimum atomic E-state index is -1.10. The zero-order valence-electron chi connectivity index (χ0n) is 12.5. The molecule has 3 N–H and O–H groups in total. The molecule has 21 heavy (non-hydrogen) atoms. The van der Waals surface area contributed by atoms with Crippen LogP contribution in [-0.2, 0) is 9.59 Å². The molecule has 1 aromatic rings. The number of carboxylic acids is 1. The zero-order valence-corrected chi connectivity index (χ0v) is 13.3. The summed E-state index contributed by atoms with van der Waals surface area (Å²) < 4.78 is 0. The Balaban J connectivity index is 2.66. The van der Waals surface area contributed by atoms with Crippen LogP contribution < -0.4 is 10.6 Å². The highest BCUT2D eigenvalue weighted by molar-refractivity contribution is 7.12. The molecule has 0 aliphatic heterocycles. The average Bonchev–Trinajstić information content (AvgIpc) is 2.87. The molecule has 1 unspecified atom stereocenters. The quantitative estimate of drug-likeness (QED) is 0.767. The van der Waals surface area contributed by atoms with Gasteiger partial charge in [-0.25, -0.2) is 4.79 Å². The van der Waals surface area contributed by atoms with Gasteiger partial charge in [-0.05, 0) is 23.8 Å². The van der Waals surface area contributed by atoms with Crippen LogP contribution in [0.1, 0.15) is 37.4 Å². The van der Waals surface area contributed by atoms with Crippen molar-refractivity contribution in [2.75, 3.05) is 0 Å². The Morgan fingerprint density at radius 1 is 1.24 bits per heavy atom. The lowest BCUT2D eigenvalue weighted by Gasteiger charge is -2.28. The second kappa shape index (κ2) is 6.71. The molecule has 1 aromatic heterocycles. The number of rotatable bonds is 5. The van der Waals surface area contributed by atoms with Crippen molar-refractivity contribution < 1.29 is 19.5 Å². The van der Waals surface area contributed by atoms with Crippen LogP contribution in [-0.4, -0.2) is 35.0 Å². The number of hydrogen-bond acceptors (Lipinski definition) is 4. The van der Waals surface area contributed by atoms with Crippen molar-refractivity contribution in [1.29, 1.82) is 0 Å². The highest BCUT2D eigenvalue weighted by Crippen LogP contribution is 2.19. The molecule has 0 saturated carbocycles. The van der Waals surface area contributed by atoms with Crippen LogP contribution in [0.5, 0.6) is 0 Å². The highest BCUT2D eigenvalue weighted by atomic mass is 32.1. The predicted molar refractivity (Wildman–Crippen MR) is 80.3 cm³/mol. The first-order chi connectivity index (χ1) is 9.62. The second-order valence-corrected chi connectivity index (χ2v) is 6.77. The van der Waals surface area contributed by atoms with Gasteiger partial charge < -0.3 is 15.7 Å². The normalized spacial score (nSPS) is 14.1. The summed E-state index contributed by atoms with van der Waals surface area (Å²) in [6, 6.07) is 1.56. The maximum Gasteiger partial charge on any atom is 0.326 e. The number of thiophene rings is 1. The summed E-state index contributed by atoms with van der Waals surface area (Å²) >= 11 is 1.27. The highest BCUT2D eigenvalue weighted by Gasteiger charge is 2.33. The standard InChI is InChI=1S/C14H20N2O4S/c1-8(15-12(18)9-6-5-7-21-9)11(17)16-10(13(19)20)14(2,3)4/h5-8,10H,1-4H3,(H,15,18)(H,16,17)(H,19,20)/t8?,10-/m0/s1. The molecule has 2 amide bonds. The Labute approximate surface area is 127 Å². The third-order valence-electron chi connectivity index (χ3n) is 2.89. The summed E-state index contributed by atoms with van der Waals surface area (Å²) in [7, 11) is 0. The van der Waals surface area contributed by atoms with Crippen molar-refractivity contribution in [2.24, 2.45) is 5.41 Å². The second-order valence-electron chi connectivity index (χ2n) is 5.82. The minimum Gasteiger partial charge on any atom is -0.480 e. The topological polar surface area (TPSA) is 95.5 Å².